The van der Waals surface area contributed by atoms with Gasteiger partial charge in [-0.3, -0.25) is 9.48 Å². The van der Waals surface area contributed by atoms with Gasteiger partial charge in [0, 0.05) is 54.5 Å². The molecule has 4 heterocycles. The van der Waals surface area contributed by atoms with E-state index in [0.29, 0.717) is 33.9 Å². The lowest BCUT2D eigenvalue weighted by molar-refractivity contribution is 0.154. The zero-order valence-electron chi connectivity index (χ0n) is 17.2. The lowest BCUT2D eigenvalue weighted by Gasteiger charge is -2.37. The molecule has 160 valence electrons. The number of likely N-dealkylation sites (N-methyl/N-ethyl adjacent to an activating group) is 1. The van der Waals surface area contributed by atoms with Crippen LogP contribution in [0.5, 0.6) is 5.75 Å². The van der Waals surface area contributed by atoms with E-state index in [1.165, 1.54) is 0 Å². The Morgan fingerprint density at radius 1 is 1.16 bits per heavy atom. The predicted octanol–water partition coefficient (Wildman–Crippen LogP) is 2.93. The molecule has 0 bridgehead atoms. The van der Waals surface area contributed by atoms with E-state index < -0.39 is 0 Å². The fourth-order valence-corrected chi connectivity index (χ4v) is 3.95. The Labute approximate surface area is 185 Å². The number of aromatic nitrogens is 5. The summed E-state index contributed by atoms with van der Waals surface area (Å²) in [5, 5.41) is 24.2. The van der Waals surface area contributed by atoms with Crippen molar-refractivity contribution in [3.63, 3.8) is 0 Å². The fraction of sp³-hybridized carbons (Fsp3) is 0.273. The quantitative estimate of drug-likeness (QED) is 0.508. The first kappa shape index (κ1) is 21.0. The Hall–Kier alpha value is -3.23. The number of halogens is 1. The molecule has 0 atom stereocenters. The van der Waals surface area contributed by atoms with E-state index in [2.05, 4.69) is 32.1 Å². The van der Waals surface area contributed by atoms with Crippen molar-refractivity contribution in [2.24, 2.45) is 7.05 Å². The van der Waals surface area contributed by atoms with Crippen LogP contribution in [0.3, 0.4) is 0 Å². The summed E-state index contributed by atoms with van der Waals surface area (Å²) in [6.07, 6.45) is 1.79. The van der Waals surface area contributed by atoms with Crippen molar-refractivity contribution in [1.82, 2.24) is 29.9 Å². The summed E-state index contributed by atoms with van der Waals surface area (Å²) in [4.78, 5) is 17.5. The van der Waals surface area contributed by atoms with Crippen LogP contribution >= 0.6 is 12.4 Å². The number of rotatable bonds is 4. The maximum atomic E-state index is 12.3. The van der Waals surface area contributed by atoms with E-state index in [4.69, 9.17) is 0 Å². The zero-order valence-corrected chi connectivity index (χ0v) is 18.1. The number of likely N-dealkylation sites (tertiary alicyclic amines) is 1. The molecule has 8 nitrogen and oxygen atoms in total. The third-order valence-corrected chi connectivity index (χ3v) is 5.71. The van der Waals surface area contributed by atoms with Crippen molar-refractivity contribution in [2.45, 2.75) is 12.8 Å². The number of benzene rings is 1. The molecule has 0 saturated carbocycles. The van der Waals surface area contributed by atoms with E-state index >= 15 is 0 Å². The lowest BCUT2D eigenvalue weighted by Crippen LogP contribution is -2.44. The summed E-state index contributed by atoms with van der Waals surface area (Å²) in [6.45, 7) is 5.25. The number of pyridine rings is 1. The number of phenols is 1. The molecular formula is C22H23ClN6O2. The van der Waals surface area contributed by atoms with Gasteiger partial charge in [0.25, 0.3) is 5.56 Å². The largest absolute Gasteiger partial charge is 0.507 e. The number of hydrogen-bond donors (Lipinski definition) is 2. The normalized spacial score (nSPS) is 14.4. The van der Waals surface area contributed by atoms with Gasteiger partial charge >= 0.3 is 0 Å². The van der Waals surface area contributed by atoms with Crippen molar-refractivity contribution in [3.8, 4) is 28.3 Å². The zero-order chi connectivity index (χ0) is 20.8. The van der Waals surface area contributed by atoms with Gasteiger partial charge in [0.1, 0.15) is 5.75 Å². The number of hydrogen-bond acceptors (Lipinski definition) is 6. The molecule has 0 spiro atoms. The molecule has 1 saturated heterocycles. The first-order valence-electron chi connectivity index (χ1n) is 9.98. The van der Waals surface area contributed by atoms with Crippen molar-refractivity contribution >= 4 is 23.3 Å². The van der Waals surface area contributed by atoms with Crippen LogP contribution in [0.15, 0.2) is 47.4 Å². The van der Waals surface area contributed by atoms with Gasteiger partial charge in [-0.05, 0) is 36.9 Å². The van der Waals surface area contributed by atoms with E-state index in [0.717, 1.165) is 30.7 Å². The van der Waals surface area contributed by atoms with Gasteiger partial charge in [-0.1, -0.05) is 13.0 Å². The van der Waals surface area contributed by atoms with E-state index in [9.17, 15) is 9.90 Å². The average molecular weight is 439 g/mol. The monoisotopic (exact) mass is 438 g/mol. The predicted molar refractivity (Wildman–Crippen MR) is 122 cm³/mol. The summed E-state index contributed by atoms with van der Waals surface area (Å²) in [7, 11) is 1.77. The standard InChI is InChI=1S/C22H22N6O2.ClH/c1-3-28-11-15(12-28)17-6-7-18(25-24-17)16-5-4-13(9-20(16)29)19-8-14-10-27(2)26-21(14)22(30)23-19;/h4-10,15,29H,3,11-12H2,1-2H3,(H,23,30);1H. The molecule has 31 heavy (non-hydrogen) atoms. The molecule has 0 radical (unpaired) electrons. The second kappa shape index (κ2) is 8.13. The highest BCUT2D eigenvalue weighted by atomic mass is 35.5. The number of phenolic OH excluding ortho intramolecular Hbond substituents is 1. The van der Waals surface area contributed by atoms with Crippen molar-refractivity contribution < 1.29 is 5.11 Å². The first-order chi connectivity index (χ1) is 14.5. The molecule has 1 aliphatic rings. The number of aryl methyl sites for hydroxylation is 1. The molecule has 0 unspecified atom stereocenters. The minimum absolute atomic E-state index is 0. The van der Waals surface area contributed by atoms with Gasteiger partial charge in [-0.2, -0.15) is 15.3 Å². The van der Waals surface area contributed by atoms with Crippen LogP contribution in [-0.2, 0) is 7.05 Å². The van der Waals surface area contributed by atoms with Crippen LogP contribution in [0.2, 0.25) is 0 Å². The highest BCUT2D eigenvalue weighted by Crippen LogP contribution is 2.33. The van der Waals surface area contributed by atoms with Gasteiger partial charge in [0.15, 0.2) is 5.52 Å². The van der Waals surface area contributed by atoms with Crippen LogP contribution < -0.4 is 5.56 Å². The van der Waals surface area contributed by atoms with Crippen molar-refractivity contribution in [1.29, 1.82) is 0 Å². The summed E-state index contributed by atoms with van der Waals surface area (Å²) in [5.74, 6) is 0.518. The van der Waals surface area contributed by atoms with Crippen LogP contribution in [0, 0.1) is 0 Å². The summed E-state index contributed by atoms with van der Waals surface area (Å²) in [5.41, 5.74) is 3.67. The molecule has 2 N–H and O–H groups in total. The molecular weight excluding hydrogens is 416 g/mol. The Morgan fingerprint density at radius 3 is 2.65 bits per heavy atom. The van der Waals surface area contributed by atoms with Crippen molar-refractivity contribution in [3.05, 3.63) is 58.6 Å². The van der Waals surface area contributed by atoms with Gasteiger partial charge in [-0.15, -0.1) is 12.4 Å². The molecule has 1 fully saturated rings. The van der Waals surface area contributed by atoms with Crippen LogP contribution in [0.25, 0.3) is 33.4 Å². The number of nitrogens with zero attached hydrogens (tertiary/aromatic N) is 5. The van der Waals surface area contributed by atoms with Gasteiger partial charge in [0.2, 0.25) is 0 Å². The maximum Gasteiger partial charge on any atom is 0.276 e. The highest BCUT2D eigenvalue weighted by Gasteiger charge is 2.28. The van der Waals surface area contributed by atoms with E-state index in [1.807, 2.05) is 24.3 Å². The molecule has 9 heteroatoms. The summed E-state index contributed by atoms with van der Waals surface area (Å²) < 4.78 is 1.61. The molecule has 3 aromatic heterocycles. The second-order valence-corrected chi connectivity index (χ2v) is 7.74. The van der Waals surface area contributed by atoms with Gasteiger partial charge in [-0.25, -0.2) is 0 Å². The van der Waals surface area contributed by atoms with Crippen molar-refractivity contribution in [2.75, 3.05) is 19.6 Å². The fourth-order valence-electron chi connectivity index (χ4n) is 3.95. The van der Waals surface area contributed by atoms with Crippen LogP contribution in [0.4, 0.5) is 0 Å². The average Bonchev–Trinajstić information content (AvgIpc) is 3.09. The Balaban J connectivity index is 0.00000231. The van der Waals surface area contributed by atoms with E-state index in [-0.39, 0.29) is 23.7 Å². The van der Waals surface area contributed by atoms with Crippen LogP contribution in [0.1, 0.15) is 18.5 Å². The maximum absolute atomic E-state index is 12.3. The Kier molecular flexibility index (Phi) is 5.51. The Bertz CT molecular complexity index is 1290. The summed E-state index contributed by atoms with van der Waals surface area (Å²) in [6, 6.07) is 11.0. The minimum atomic E-state index is -0.259. The molecule has 0 amide bonds. The number of nitrogens with one attached hydrogen (secondary N) is 1. The van der Waals surface area contributed by atoms with Crippen LogP contribution in [-0.4, -0.2) is 54.6 Å². The third-order valence-electron chi connectivity index (χ3n) is 5.71. The number of H-pyrrole nitrogens is 1. The van der Waals surface area contributed by atoms with Gasteiger partial charge < -0.3 is 15.0 Å². The minimum Gasteiger partial charge on any atom is -0.507 e. The molecule has 4 aromatic rings. The molecule has 0 aliphatic carbocycles. The molecule has 5 rings (SSSR count). The third kappa shape index (κ3) is 3.80. The second-order valence-electron chi connectivity index (χ2n) is 7.74. The number of fused-ring (bicyclic) bond motifs is 1. The number of aromatic amines is 1. The lowest BCUT2D eigenvalue weighted by atomic mass is 9.96. The first-order valence-corrected chi connectivity index (χ1v) is 9.98. The molecule has 1 aliphatic heterocycles. The topological polar surface area (TPSA) is 99.9 Å². The van der Waals surface area contributed by atoms with Gasteiger partial charge in [0.05, 0.1) is 11.4 Å². The number of aromatic hydroxyl groups is 1. The summed E-state index contributed by atoms with van der Waals surface area (Å²) >= 11 is 0. The SMILES string of the molecule is CCN1CC(c2ccc(-c3ccc(-c4cc5cn(C)nc5c(=O)[nH]4)cc3O)nn2)C1.Cl. The smallest absolute Gasteiger partial charge is 0.276 e. The molecule has 1 aromatic carbocycles. The highest BCUT2D eigenvalue weighted by molar-refractivity contribution is 5.85. The van der Waals surface area contributed by atoms with E-state index in [1.54, 1.807) is 30.1 Å². The Morgan fingerprint density at radius 2 is 1.97 bits per heavy atom.